The van der Waals surface area contributed by atoms with E-state index in [1.165, 1.54) is 10.5 Å². The van der Waals surface area contributed by atoms with Gasteiger partial charge in [0.1, 0.15) is 12.3 Å². The molecule has 26 heavy (non-hydrogen) atoms. The highest BCUT2D eigenvalue weighted by Gasteiger charge is 2.25. The fourth-order valence-electron chi connectivity index (χ4n) is 3.10. The average molecular weight is 352 g/mol. The Morgan fingerprint density at radius 3 is 2.65 bits per heavy atom. The molecule has 2 amide bonds. The zero-order valence-electron chi connectivity index (χ0n) is 15.2. The maximum Gasteiger partial charge on any atom is 0.240 e. The number of anilines is 1. The van der Waals surface area contributed by atoms with Crippen LogP contribution < -0.4 is 15.0 Å². The number of carbonyl (C=O) groups excluding carboxylic acids is 2. The van der Waals surface area contributed by atoms with Crippen LogP contribution in [0.4, 0.5) is 5.69 Å². The third-order valence-corrected chi connectivity index (χ3v) is 4.56. The lowest BCUT2D eigenvalue weighted by molar-refractivity contribution is -0.124. The van der Waals surface area contributed by atoms with Crippen molar-refractivity contribution >= 4 is 17.5 Å². The van der Waals surface area contributed by atoms with E-state index in [4.69, 9.17) is 4.74 Å². The molecule has 1 aliphatic rings. The molecule has 1 heterocycles. The van der Waals surface area contributed by atoms with Gasteiger partial charge in [0.15, 0.2) is 0 Å². The number of ether oxygens (including phenoxy) is 1. The molecule has 3 rings (SSSR count). The van der Waals surface area contributed by atoms with Gasteiger partial charge in [-0.25, -0.2) is 0 Å². The Balaban J connectivity index is 1.74. The minimum Gasteiger partial charge on any atom is -0.491 e. The largest absolute Gasteiger partial charge is 0.491 e. The van der Waals surface area contributed by atoms with Crippen molar-refractivity contribution in [1.82, 2.24) is 5.32 Å². The molecular formula is C21H24N2O3. The van der Waals surface area contributed by atoms with E-state index in [2.05, 4.69) is 5.32 Å². The molecule has 0 saturated carbocycles. The molecular weight excluding hydrogens is 328 g/mol. The van der Waals surface area contributed by atoms with Gasteiger partial charge in [-0.3, -0.25) is 14.5 Å². The summed E-state index contributed by atoms with van der Waals surface area (Å²) in [4.78, 5) is 26.6. The van der Waals surface area contributed by atoms with Crippen LogP contribution in [0, 0.1) is 6.92 Å². The molecule has 0 saturated heterocycles. The molecule has 0 bridgehead atoms. The Kier molecular flexibility index (Phi) is 5.56. The topological polar surface area (TPSA) is 58.6 Å². The van der Waals surface area contributed by atoms with Crippen molar-refractivity contribution in [2.45, 2.75) is 32.7 Å². The van der Waals surface area contributed by atoms with Crippen molar-refractivity contribution in [1.29, 1.82) is 0 Å². The fourth-order valence-corrected chi connectivity index (χ4v) is 3.10. The standard InChI is InChI=1S/C21H24N2O3/c1-3-17(16-10-8-15(2)9-11-16)22-20(24)14-23-18-6-4-5-7-19(18)26-13-12-21(23)25/h4-11,17H,3,12-14H2,1-2H3,(H,22,24)/t17-/m0/s1. The van der Waals surface area contributed by atoms with Crippen molar-refractivity contribution < 1.29 is 14.3 Å². The van der Waals surface area contributed by atoms with Gasteiger partial charge in [0.2, 0.25) is 11.8 Å². The maximum atomic E-state index is 12.6. The molecule has 0 fully saturated rings. The molecule has 136 valence electrons. The van der Waals surface area contributed by atoms with E-state index in [1.807, 2.05) is 62.4 Å². The smallest absolute Gasteiger partial charge is 0.240 e. The summed E-state index contributed by atoms with van der Waals surface area (Å²) >= 11 is 0. The predicted octanol–water partition coefficient (Wildman–Crippen LogP) is 3.38. The zero-order chi connectivity index (χ0) is 18.5. The number of aryl methyl sites for hydroxylation is 1. The summed E-state index contributed by atoms with van der Waals surface area (Å²) in [7, 11) is 0. The van der Waals surface area contributed by atoms with E-state index in [0.29, 0.717) is 18.0 Å². The minimum atomic E-state index is -0.178. The summed E-state index contributed by atoms with van der Waals surface area (Å²) in [5.41, 5.74) is 2.90. The highest BCUT2D eigenvalue weighted by Crippen LogP contribution is 2.30. The third-order valence-electron chi connectivity index (χ3n) is 4.56. The summed E-state index contributed by atoms with van der Waals surface area (Å²) in [6.07, 6.45) is 1.04. The first-order chi connectivity index (χ1) is 12.6. The molecule has 2 aromatic rings. The van der Waals surface area contributed by atoms with Crippen molar-refractivity contribution in [2.75, 3.05) is 18.1 Å². The SMILES string of the molecule is CC[C@H](NC(=O)CN1C(=O)CCOc2ccccc21)c1ccc(C)cc1. The first-order valence-corrected chi connectivity index (χ1v) is 8.96. The Morgan fingerprint density at radius 1 is 1.19 bits per heavy atom. The molecule has 0 aliphatic carbocycles. The second-order valence-corrected chi connectivity index (χ2v) is 6.49. The summed E-state index contributed by atoms with van der Waals surface area (Å²) in [6.45, 7) is 4.38. The van der Waals surface area contributed by atoms with Gasteiger partial charge >= 0.3 is 0 Å². The van der Waals surface area contributed by atoms with E-state index in [9.17, 15) is 9.59 Å². The Bertz CT molecular complexity index is 786. The minimum absolute atomic E-state index is 0.0123. The molecule has 5 heteroatoms. The molecule has 2 aromatic carbocycles. The number of nitrogens with one attached hydrogen (secondary N) is 1. The lowest BCUT2D eigenvalue weighted by Gasteiger charge is -2.23. The Hall–Kier alpha value is -2.82. The highest BCUT2D eigenvalue weighted by atomic mass is 16.5. The predicted molar refractivity (Wildman–Crippen MR) is 101 cm³/mol. The van der Waals surface area contributed by atoms with E-state index in [-0.39, 0.29) is 30.8 Å². The molecule has 1 aliphatic heterocycles. The van der Waals surface area contributed by atoms with Crippen LogP contribution in [0.3, 0.4) is 0 Å². The van der Waals surface area contributed by atoms with Crippen LogP contribution >= 0.6 is 0 Å². The van der Waals surface area contributed by atoms with Crippen LogP contribution in [-0.4, -0.2) is 25.0 Å². The van der Waals surface area contributed by atoms with Crippen molar-refractivity contribution in [3.05, 3.63) is 59.7 Å². The van der Waals surface area contributed by atoms with Crippen molar-refractivity contribution in [2.24, 2.45) is 0 Å². The number of fused-ring (bicyclic) bond motifs is 1. The van der Waals surface area contributed by atoms with Gasteiger partial charge in [0.05, 0.1) is 24.8 Å². The summed E-state index contributed by atoms with van der Waals surface area (Å²) in [6, 6.07) is 15.4. The normalized spacial score (nSPS) is 14.8. The lowest BCUT2D eigenvalue weighted by Crippen LogP contribution is -2.41. The van der Waals surface area contributed by atoms with Crippen LogP contribution in [-0.2, 0) is 9.59 Å². The third kappa shape index (κ3) is 4.04. The molecule has 1 atom stereocenters. The summed E-state index contributed by atoms with van der Waals surface area (Å²) < 4.78 is 5.62. The van der Waals surface area contributed by atoms with Crippen molar-refractivity contribution in [3.63, 3.8) is 0 Å². The number of amides is 2. The first kappa shape index (κ1) is 18.0. The number of hydrogen-bond donors (Lipinski definition) is 1. The van der Waals surface area contributed by atoms with E-state index >= 15 is 0 Å². The van der Waals surface area contributed by atoms with Gasteiger partial charge < -0.3 is 10.1 Å². The van der Waals surface area contributed by atoms with Gasteiger partial charge in [-0.15, -0.1) is 0 Å². The van der Waals surface area contributed by atoms with Gasteiger partial charge in [0.25, 0.3) is 0 Å². The molecule has 0 radical (unpaired) electrons. The van der Waals surface area contributed by atoms with Crippen LogP contribution in [0.1, 0.15) is 36.9 Å². The van der Waals surface area contributed by atoms with Gasteiger partial charge in [-0.05, 0) is 31.0 Å². The summed E-state index contributed by atoms with van der Waals surface area (Å²) in [5.74, 6) is 0.354. The molecule has 1 N–H and O–H groups in total. The van der Waals surface area contributed by atoms with Crippen molar-refractivity contribution in [3.8, 4) is 5.75 Å². The van der Waals surface area contributed by atoms with E-state index in [0.717, 1.165) is 12.0 Å². The van der Waals surface area contributed by atoms with Gasteiger partial charge in [-0.2, -0.15) is 0 Å². The molecule has 0 unspecified atom stereocenters. The molecule has 5 nitrogen and oxygen atoms in total. The Morgan fingerprint density at radius 2 is 1.92 bits per heavy atom. The van der Waals surface area contributed by atoms with Crippen LogP contribution in [0.15, 0.2) is 48.5 Å². The van der Waals surface area contributed by atoms with Crippen LogP contribution in [0.5, 0.6) is 5.75 Å². The van der Waals surface area contributed by atoms with Crippen LogP contribution in [0.2, 0.25) is 0 Å². The first-order valence-electron chi connectivity index (χ1n) is 8.96. The number of benzene rings is 2. The quantitative estimate of drug-likeness (QED) is 0.897. The lowest BCUT2D eigenvalue weighted by atomic mass is 10.0. The summed E-state index contributed by atoms with van der Waals surface area (Å²) in [5, 5.41) is 3.05. The number of rotatable bonds is 5. The van der Waals surface area contributed by atoms with Crippen LogP contribution in [0.25, 0.3) is 0 Å². The average Bonchev–Trinajstić information content (AvgIpc) is 2.80. The second kappa shape index (κ2) is 8.04. The second-order valence-electron chi connectivity index (χ2n) is 6.49. The Labute approximate surface area is 154 Å². The van der Waals surface area contributed by atoms with Gasteiger partial charge in [0, 0.05) is 0 Å². The maximum absolute atomic E-state index is 12.6. The number of hydrogen-bond acceptors (Lipinski definition) is 3. The molecule has 0 spiro atoms. The number of carbonyl (C=O) groups is 2. The fraction of sp³-hybridized carbons (Fsp3) is 0.333. The highest BCUT2D eigenvalue weighted by molar-refractivity contribution is 6.00. The molecule has 0 aromatic heterocycles. The van der Waals surface area contributed by atoms with E-state index < -0.39 is 0 Å². The number of para-hydroxylation sites is 2. The monoisotopic (exact) mass is 352 g/mol. The zero-order valence-corrected chi connectivity index (χ0v) is 15.2. The number of nitrogens with zero attached hydrogens (tertiary/aromatic N) is 1. The van der Waals surface area contributed by atoms with E-state index in [1.54, 1.807) is 0 Å². The van der Waals surface area contributed by atoms with Gasteiger partial charge in [-0.1, -0.05) is 48.9 Å².